The molecule has 0 rings (SSSR count). The number of carbonyl (C=O) groups is 1. The van der Waals surface area contributed by atoms with Crippen LogP contribution < -0.4 is 5.32 Å². The van der Waals surface area contributed by atoms with Crippen LogP contribution in [0.25, 0.3) is 0 Å². The van der Waals surface area contributed by atoms with Gasteiger partial charge in [-0.05, 0) is 20.9 Å². The van der Waals surface area contributed by atoms with Crippen molar-refractivity contribution < 1.29 is 9.53 Å². The number of rotatable bonds is 6. The number of hydrogen-bond acceptors (Lipinski definition) is 3. The molecule has 0 aromatic heterocycles. The van der Waals surface area contributed by atoms with Crippen molar-refractivity contribution in [1.29, 1.82) is 0 Å². The molecule has 0 unspecified atom stereocenters. The van der Waals surface area contributed by atoms with Gasteiger partial charge in [-0.25, -0.2) is 0 Å². The summed E-state index contributed by atoms with van der Waals surface area (Å²) in [6.07, 6.45) is 0.420. The van der Waals surface area contributed by atoms with E-state index in [2.05, 4.69) is 5.32 Å². The molecule has 0 aromatic carbocycles. The fraction of sp³-hybridized carbons (Fsp3) is 0.900. The summed E-state index contributed by atoms with van der Waals surface area (Å²) in [4.78, 5) is 13.4. The number of hydrogen-bond donors (Lipinski definition) is 1. The zero-order valence-electron chi connectivity index (χ0n) is 9.89. The molecular weight excluding hydrogens is 180 g/mol. The standard InChI is InChI=1S/C10H22N2O2/c1-10(2,14-5)8-9(13)12(4)7-6-11-3/h11H,6-8H2,1-5H3. The first-order valence-electron chi connectivity index (χ1n) is 4.86. The second kappa shape index (κ2) is 5.98. The Morgan fingerprint density at radius 1 is 1.50 bits per heavy atom. The highest BCUT2D eigenvalue weighted by atomic mass is 16.5. The zero-order chi connectivity index (χ0) is 11.2. The van der Waals surface area contributed by atoms with Gasteiger partial charge in [-0.1, -0.05) is 0 Å². The van der Waals surface area contributed by atoms with Gasteiger partial charge in [0, 0.05) is 27.2 Å². The van der Waals surface area contributed by atoms with E-state index >= 15 is 0 Å². The predicted octanol–water partition coefficient (Wildman–Crippen LogP) is 0.479. The van der Waals surface area contributed by atoms with E-state index in [1.807, 2.05) is 27.9 Å². The molecule has 4 nitrogen and oxygen atoms in total. The lowest BCUT2D eigenvalue weighted by Crippen LogP contribution is -2.37. The fourth-order valence-electron chi connectivity index (χ4n) is 0.976. The second-order valence-corrected chi connectivity index (χ2v) is 4.06. The van der Waals surface area contributed by atoms with Gasteiger partial charge in [0.05, 0.1) is 12.0 Å². The largest absolute Gasteiger partial charge is 0.378 e. The Bertz CT molecular complexity index is 181. The maximum absolute atomic E-state index is 11.6. The van der Waals surface area contributed by atoms with E-state index < -0.39 is 0 Å². The number of amides is 1. The van der Waals surface area contributed by atoms with Gasteiger partial charge in [0.1, 0.15) is 0 Å². The molecule has 0 fully saturated rings. The minimum absolute atomic E-state index is 0.118. The average Bonchev–Trinajstić information content (AvgIpc) is 2.13. The molecule has 0 aliphatic rings. The van der Waals surface area contributed by atoms with E-state index in [0.717, 1.165) is 13.1 Å². The molecule has 0 saturated heterocycles. The van der Waals surface area contributed by atoms with Gasteiger partial charge in [-0.3, -0.25) is 4.79 Å². The molecule has 14 heavy (non-hydrogen) atoms. The molecule has 1 amide bonds. The summed E-state index contributed by atoms with van der Waals surface area (Å²) in [6, 6.07) is 0. The minimum atomic E-state index is -0.370. The Morgan fingerprint density at radius 3 is 2.50 bits per heavy atom. The summed E-state index contributed by atoms with van der Waals surface area (Å²) >= 11 is 0. The van der Waals surface area contributed by atoms with E-state index in [4.69, 9.17) is 4.74 Å². The maximum atomic E-state index is 11.6. The number of carbonyl (C=O) groups excluding carboxylic acids is 1. The third kappa shape index (κ3) is 5.19. The van der Waals surface area contributed by atoms with Crippen molar-refractivity contribution in [2.45, 2.75) is 25.9 Å². The van der Waals surface area contributed by atoms with Gasteiger partial charge in [-0.2, -0.15) is 0 Å². The van der Waals surface area contributed by atoms with Crippen molar-refractivity contribution in [1.82, 2.24) is 10.2 Å². The summed E-state index contributed by atoms with van der Waals surface area (Å²) in [5.41, 5.74) is -0.370. The number of nitrogens with one attached hydrogen (secondary N) is 1. The topological polar surface area (TPSA) is 41.6 Å². The first-order valence-corrected chi connectivity index (χ1v) is 4.86. The molecule has 84 valence electrons. The normalized spacial score (nSPS) is 11.5. The van der Waals surface area contributed by atoms with Gasteiger partial charge >= 0.3 is 0 Å². The number of likely N-dealkylation sites (N-methyl/N-ethyl adjacent to an activating group) is 2. The summed E-state index contributed by atoms with van der Waals surface area (Å²) in [5.74, 6) is 0.118. The van der Waals surface area contributed by atoms with Crippen LogP contribution in [-0.4, -0.2) is 50.7 Å². The molecule has 0 heterocycles. The first-order chi connectivity index (χ1) is 6.43. The molecule has 4 heteroatoms. The Labute approximate surface area is 86.6 Å². The third-order valence-electron chi connectivity index (χ3n) is 2.25. The number of methoxy groups -OCH3 is 1. The van der Waals surface area contributed by atoms with Crippen molar-refractivity contribution in [3.05, 3.63) is 0 Å². The highest BCUT2D eigenvalue weighted by molar-refractivity contribution is 5.76. The highest BCUT2D eigenvalue weighted by Crippen LogP contribution is 2.13. The first kappa shape index (κ1) is 13.4. The van der Waals surface area contributed by atoms with Crippen molar-refractivity contribution in [2.24, 2.45) is 0 Å². The molecule has 0 aliphatic heterocycles. The number of nitrogens with zero attached hydrogens (tertiary/aromatic N) is 1. The van der Waals surface area contributed by atoms with E-state index in [1.54, 1.807) is 12.0 Å². The van der Waals surface area contributed by atoms with Gasteiger partial charge < -0.3 is 15.0 Å². The predicted molar refractivity (Wildman–Crippen MR) is 57.3 cm³/mol. The van der Waals surface area contributed by atoms with Crippen LogP contribution in [0.3, 0.4) is 0 Å². The highest BCUT2D eigenvalue weighted by Gasteiger charge is 2.22. The fourth-order valence-corrected chi connectivity index (χ4v) is 0.976. The summed E-state index contributed by atoms with van der Waals surface area (Å²) in [7, 11) is 5.31. The monoisotopic (exact) mass is 202 g/mol. The Kier molecular flexibility index (Phi) is 5.72. The van der Waals surface area contributed by atoms with Crippen molar-refractivity contribution >= 4 is 5.91 Å². The van der Waals surface area contributed by atoms with E-state index in [0.29, 0.717) is 6.42 Å². The Balaban J connectivity index is 3.95. The minimum Gasteiger partial charge on any atom is -0.378 e. The van der Waals surface area contributed by atoms with Crippen molar-refractivity contribution in [3.8, 4) is 0 Å². The summed E-state index contributed by atoms with van der Waals surface area (Å²) < 4.78 is 5.20. The zero-order valence-corrected chi connectivity index (χ0v) is 9.89. The molecule has 0 bridgehead atoms. The second-order valence-electron chi connectivity index (χ2n) is 4.06. The molecule has 0 radical (unpaired) electrons. The van der Waals surface area contributed by atoms with Crippen molar-refractivity contribution in [3.63, 3.8) is 0 Å². The molecule has 0 aromatic rings. The van der Waals surface area contributed by atoms with E-state index in [9.17, 15) is 4.79 Å². The van der Waals surface area contributed by atoms with Gasteiger partial charge in [0.2, 0.25) is 5.91 Å². The lowest BCUT2D eigenvalue weighted by molar-refractivity contribution is -0.135. The van der Waals surface area contributed by atoms with Gasteiger partial charge in [0.15, 0.2) is 0 Å². The lowest BCUT2D eigenvalue weighted by Gasteiger charge is -2.25. The quantitative estimate of drug-likeness (QED) is 0.681. The van der Waals surface area contributed by atoms with Crippen LogP contribution in [-0.2, 0) is 9.53 Å². The van der Waals surface area contributed by atoms with Gasteiger partial charge in [-0.15, -0.1) is 0 Å². The number of ether oxygens (including phenoxy) is 1. The van der Waals surface area contributed by atoms with Gasteiger partial charge in [0.25, 0.3) is 0 Å². The van der Waals surface area contributed by atoms with Crippen LogP contribution in [0.1, 0.15) is 20.3 Å². The SMILES string of the molecule is CNCCN(C)C(=O)CC(C)(C)OC. The van der Waals surface area contributed by atoms with E-state index in [-0.39, 0.29) is 11.5 Å². The van der Waals surface area contributed by atoms with Crippen LogP contribution in [0.5, 0.6) is 0 Å². The lowest BCUT2D eigenvalue weighted by atomic mass is 10.0. The molecule has 0 atom stereocenters. The van der Waals surface area contributed by atoms with Crippen LogP contribution in [0.4, 0.5) is 0 Å². The molecular formula is C10H22N2O2. The smallest absolute Gasteiger partial charge is 0.225 e. The summed E-state index contributed by atoms with van der Waals surface area (Å²) in [6.45, 7) is 5.37. The van der Waals surface area contributed by atoms with Crippen molar-refractivity contribution in [2.75, 3.05) is 34.3 Å². The Morgan fingerprint density at radius 2 is 2.07 bits per heavy atom. The Hall–Kier alpha value is -0.610. The van der Waals surface area contributed by atoms with Crippen LogP contribution in [0.15, 0.2) is 0 Å². The van der Waals surface area contributed by atoms with E-state index in [1.165, 1.54) is 0 Å². The maximum Gasteiger partial charge on any atom is 0.225 e. The third-order valence-corrected chi connectivity index (χ3v) is 2.25. The summed E-state index contributed by atoms with van der Waals surface area (Å²) in [5, 5.41) is 3.01. The molecule has 0 aliphatic carbocycles. The van der Waals surface area contributed by atoms with Crippen LogP contribution in [0, 0.1) is 0 Å². The van der Waals surface area contributed by atoms with Crippen LogP contribution >= 0.6 is 0 Å². The molecule has 0 spiro atoms. The molecule has 1 N–H and O–H groups in total. The van der Waals surface area contributed by atoms with Crippen LogP contribution in [0.2, 0.25) is 0 Å². The average molecular weight is 202 g/mol. The molecule has 0 saturated carbocycles.